The number of aryl methyl sites for hydroxylation is 2. The van der Waals surface area contributed by atoms with Crippen molar-refractivity contribution in [1.82, 2.24) is 25.1 Å². The minimum atomic E-state index is -0.495. The van der Waals surface area contributed by atoms with E-state index >= 15 is 0 Å². The van der Waals surface area contributed by atoms with E-state index in [0.29, 0.717) is 37.6 Å². The first-order chi connectivity index (χ1) is 15.5. The van der Waals surface area contributed by atoms with Crippen LogP contribution in [-0.4, -0.2) is 50.5 Å². The van der Waals surface area contributed by atoms with Gasteiger partial charge in [-0.3, -0.25) is 9.48 Å². The lowest BCUT2D eigenvalue weighted by Gasteiger charge is -2.32. The fraction of sp³-hybridized carbons (Fsp3) is 0.391. The van der Waals surface area contributed by atoms with E-state index in [1.165, 1.54) is 6.20 Å². The first-order valence-corrected chi connectivity index (χ1v) is 10.7. The van der Waals surface area contributed by atoms with Crippen molar-refractivity contribution in [2.75, 3.05) is 24.6 Å². The number of amides is 1. The van der Waals surface area contributed by atoms with Crippen molar-refractivity contribution >= 4 is 11.9 Å². The maximum atomic E-state index is 14.5. The van der Waals surface area contributed by atoms with Gasteiger partial charge >= 0.3 is 0 Å². The predicted molar refractivity (Wildman–Crippen MR) is 118 cm³/mol. The molecular weight excluding hydrogens is 411 g/mol. The summed E-state index contributed by atoms with van der Waals surface area (Å²) >= 11 is 0. The van der Waals surface area contributed by atoms with Crippen molar-refractivity contribution < 1.29 is 14.3 Å². The minimum absolute atomic E-state index is 0.0706. The van der Waals surface area contributed by atoms with Gasteiger partial charge in [0.15, 0.2) is 5.82 Å². The van der Waals surface area contributed by atoms with Crippen molar-refractivity contribution in [3.63, 3.8) is 0 Å². The minimum Gasteiger partial charge on any atom is -0.394 e. The van der Waals surface area contributed by atoms with Crippen LogP contribution in [0.2, 0.25) is 0 Å². The van der Waals surface area contributed by atoms with E-state index in [-0.39, 0.29) is 24.1 Å². The fourth-order valence-electron chi connectivity index (χ4n) is 4.11. The molecule has 0 bridgehead atoms. The maximum Gasteiger partial charge on any atom is 0.226 e. The normalized spacial score (nSPS) is 15.6. The first kappa shape index (κ1) is 21.9. The number of aromatic nitrogens is 4. The lowest BCUT2D eigenvalue weighted by Crippen LogP contribution is -2.42. The molecule has 2 N–H and O–H groups in total. The van der Waals surface area contributed by atoms with Crippen LogP contribution in [0.5, 0.6) is 0 Å². The summed E-state index contributed by atoms with van der Waals surface area (Å²) in [6, 6.07) is 9.01. The third-order valence-electron chi connectivity index (χ3n) is 5.93. The molecule has 0 unspecified atom stereocenters. The number of piperidine rings is 1. The number of anilines is 1. The van der Waals surface area contributed by atoms with Gasteiger partial charge in [-0.05, 0) is 30.9 Å². The molecule has 9 heteroatoms. The highest BCUT2D eigenvalue weighted by molar-refractivity contribution is 5.79. The molecule has 1 aromatic carbocycles. The van der Waals surface area contributed by atoms with Gasteiger partial charge in [0, 0.05) is 26.1 Å². The highest BCUT2D eigenvalue weighted by Gasteiger charge is 2.28. The Bertz CT molecular complexity index is 1060. The third kappa shape index (κ3) is 4.47. The van der Waals surface area contributed by atoms with Gasteiger partial charge in [0.25, 0.3) is 0 Å². The topological polar surface area (TPSA) is 96.2 Å². The Morgan fingerprint density at radius 1 is 1.25 bits per heavy atom. The summed E-state index contributed by atoms with van der Waals surface area (Å²) in [4.78, 5) is 23.4. The van der Waals surface area contributed by atoms with Gasteiger partial charge in [-0.2, -0.15) is 5.10 Å². The standard InChI is InChI=1S/C23H27FN6O2/c1-15-12-26-29(2)21(15)20-18(24)13-25-23(28-20)30-10-8-17(9-11-30)22(32)27-19(14-31)16-6-4-3-5-7-16/h3-7,12-13,17,19,31H,8-11,14H2,1-2H3,(H,27,32)/t19-/m0/s1. The molecule has 3 aromatic rings. The largest absolute Gasteiger partial charge is 0.394 e. The number of carbonyl (C=O) groups is 1. The number of hydrogen-bond donors (Lipinski definition) is 2. The Hall–Kier alpha value is -3.33. The number of carbonyl (C=O) groups excluding carboxylic acids is 1. The SMILES string of the molecule is Cc1cnn(C)c1-c1nc(N2CCC(C(=O)N[C@@H](CO)c3ccccc3)CC2)ncc1F. The Morgan fingerprint density at radius 2 is 1.97 bits per heavy atom. The quantitative estimate of drug-likeness (QED) is 0.614. The second kappa shape index (κ2) is 9.44. The van der Waals surface area contributed by atoms with Crippen LogP contribution in [0.1, 0.15) is 30.0 Å². The molecular formula is C23H27FN6O2. The molecule has 0 aliphatic carbocycles. The van der Waals surface area contributed by atoms with Gasteiger partial charge in [-0.1, -0.05) is 30.3 Å². The number of benzene rings is 1. The number of nitrogens with one attached hydrogen (secondary N) is 1. The summed E-state index contributed by atoms with van der Waals surface area (Å²) < 4.78 is 16.1. The zero-order chi connectivity index (χ0) is 22.7. The Labute approximate surface area is 186 Å². The highest BCUT2D eigenvalue weighted by Crippen LogP contribution is 2.27. The number of aliphatic hydroxyl groups excluding tert-OH is 1. The van der Waals surface area contributed by atoms with Crippen LogP contribution in [0.15, 0.2) is 42.7 Å². The van der Waals surface area contributed by atoms with E-state index < -0.39 is 11.9 Å². The van der Waals surface area contributed by atoms with Crippen molar-refractivity contribution in [3.8, 4) is 11.4 Å². The zero-order valence-electron chi connectivity index (χ0n) is 18.2. The lowest BCUT2D eigenvalue weighted by molar-refractivity contribution is -0.126. The number of hydrogen-bond acceptors (Lipinski definition) is 6. The smallest absolute Gasteiger partial charge is 0.226 e. The van der Waals surface area contributed by atoms with Crippen LogP contribution < -0.4 is 10.2 Å². The van der Waals surface area contributed by atoms with Gasteiger partial charge in [-0.15, -0.1) is 0 Å². The highest BCUT2D eigenvalue weighted by atomic mass is 19.1. The maximum absolute atomic E-state index is 14.5. The van der Waals surface area contributed by atoms with E-state index in [9.17, 15) is 14.3 Å². The molecule has 3 heterocycles. The number of rotatable bonds is 6. The van der Waals surface area contributed by atoms with Gasteiger partial charge in [-0.25, -0.2) is 14.4 Å². The van der Waals surface area contributed by atoms with E-state index in [0.717, 1.165) is 11.1 Å². The molecule has 1 saturated heterocycles. The van der Waals surface area contributed by atoms with Crippen molar-refractivity contribution in [2.24, 2.45) is 13.0 Å². The summed E-state index contributed by atoms with van der Waals surface area (Å²) in [5.41, 5.74) is 2.55. The van der Waals surface area contributed by atoms with Crippen molar-refractivity contribution in [1.29, 1.82) is 0 Å². The molecule has 0 spiro atoms. The van der Waals surface area contributed by atoms with E-state index in [4.69, 9.17) is 0 Å². The molecule has 1 aliphatic rings. The fourth-order valence-corrected chi connectivity index (χ4v) is 4.11. The van der Waals surface area contributed by atoms with Crippen LogP contribution in [0.4, 0.5) is 10.3 Å². The van der Waals surface area contributed by atoms with Gasteiger partial charge in [0.1, 0.15) is 5.69 Å². The molecule has 1 fully saturated rings. The van der Waals surface area contributed by atoms with Gasteiger partial charge in [0.05, 0.1) is 30.7 Å². The van der Waals surface area contributed by atoms with E-state index in [1.54, 1.807) is 17.9 Å². The van der Waals surface area contributed by atoms with Gasteiger partial charge in [0.2, 0.25) is 11.9 Å². The molecule has 4 rings (SSSR count). The van der Waals surface area contributed by atoms with Crippen LogP contribution in [0, 0.1) is 18.7 Å². The lowest BCUT2D eigenvalue weighted by atomic mass is 9.95. The summed E-state index contributed by atoms with van der Waals surface area (Å²) in [6.45, 7) is 2.88. The molecule has 0 saturated carbocycles. The van der Waals surface area contributed by atoms with E-state index in [2.05, 4.69) is 20.4 Å². The van der Waals surface area contributed by atoms with Crippen molar-refractivity contribution in [2.45, 2.75) is 25.8 Å². The summed E-state index contributed by atoms with van der Waals surface area (Å²) in [5, 5.41) is 16.8. The monoisotopic (exact) mass is 438 g/mol. The van der Waals surface area contributed by atoms with Crippen LogP contribution in [0.25, 0.3) is 11.4 Å². The average Bonchev–Trinajstić information content (AvgIpc) is 3.16. The third-order valence-corrected chi connectivity index (χ3v) is 5.93. The average molecular weight is 439 g/mol. The number of halogens is 1. The molecule has 2 aromatic heterocycles. The molecule has 32 heavy (non-hydrogen) atoms. The number of nitrogens with zero attached hydrogens (tertiary/aromatic N) is 5. The predicted octanol–water partition coefficient (Wildman–Crippen LogP) is 2.39. The number of aliphatic hydroxyl groups is 1. The molecule has 1 atom stereocenters. The Balaban J connectivity index is 1.42. The van der Waals surface area contributed by atoms with Crippen LogP contribution in [-0.2, 0) is 11.8 Å². The van der Waals surface area contributed by atoms with Crippen LogP contribution in [0.3, 0.4) is 0 Å². The summed E-state index contributed by atoms with van der Waals surface area (Å²) in [7, 11) is 1.75. The molecule has 8 nitrogen and oxygen atoms in total. The second-order valence-corrected chi connectivity index (χ2v) is 8.08. The van der Waals surface area contributed by atoms with Gasteiger partial charge < -0.3 is 15.3 Å². The molecule has 0 radical (unpaired) electrons. The molecule has 168 valence electrons. The Kier molecular flexibility index (Phi) is 6.45. The second-order valence-electron chi connectivity index (χ2n) is 8.08. The molecule has 1 amide bonds. The molecule has 1 aliphatic heterocycles. The Morgan fingerprint density at radius 3 is 2.59 bits per heavy atom. The van der Waals surface area contributed by atoms with Crippen molar-refractivity contribution in [3.05, 3.63) is 59.7 Å². The first-order valence-electron chi connectivity index (χ1n) is 10.7. The summed E-state index contributed by atoms with van der Waals surface area (Å²) in [6.07, 6.45) is 4.11. The van der Waals surface area contributed by atoms with Crippen LogP contribution >= 0.6 is 0 Å². The zero-order valence-corrected chi connectivity index (χ0v) is 18.2. The summed E-state index contributed by atoms with van der Waals surface area (Å²) in [5.74, 6) is -0.286. The van der Waals surface area contributed by atoms with E-state index in [1.807, 2.05) is 42.2 Å².